The van der Waals surface area contributed by atoms with E-state index in [4.69, 9.17) is 20.4 Å². The highest BCUT2D eigenvalue weighted by molar-refractivity contribution is 6.31. The van der Waals surface area contributed by atoms with E-state index in [2.05, 4.69) is 0 Å². The Hall–Kier alpha value is -4.62. The molecule has 0 saturated heterocycles. The van der Waals surface area contributed by atoms with Gasteiger partial charge in [-0.05, 0) is 66.9 Å². The smallest absolute Gasteiger partial charge is 0.291 e. The van der Waals surface area contributed by atoms with Crippen molar-refractivity contribution in [2.24, 2.45) is 0 Å². The summed E-state index contributed by atoms with van der Waals surface area (Å²) in [5, 5.41) is 0.837. The van der Waals surface area contributed by atoms with Crippen molar-refractivity contribution in [3.05, 3.63) is 134 Å². The Morgan fingerprint density at radius 3 is 2.40 bits per heavy atom. The lowest BCUT2D eigenvalue weighted by atomic mass is 9.83. The number of aryl methyl sites for hydroxylation is 2. The number of amides is 2. The fraction of sp³-hybridized carbons (Fsp3) is 0.156. The van der Waals surface area contributed by atoms with Gasteiger partial charge in [-0.3, -0.25) is 14.4 Å². The normalized spacial score (nSPS) is 17.8. The number of furan rings is 1. The molecule has 0 N–H and O–H groups in total. The monoisotopic (exact) mass is 550 g/mol. The van der Waals surface area contributed by atoms with E-state index < -0.39 is 22.8 Å². The van der Waals surface area contributed by atoms with Gasteiger partial charge in [0.2, 0.25) is 5.76 Å². The summed E-state index contributed by atoms with van der Waals surface area (Å²) in [6.45, 7) is 3.95. The van der Waals surface area contributed by atoms with Crippen LogP contribution in [0.25, 0.3) is 11.0 Å². The van der Waals surface area contributed by atoms with Crippen molar-refractivity contribution in [2.75, 3.05) is 4.90 Å². The quantitative estimate of drug-likeness (QED) is 0.270. The van der Waals surface area contributed by atoms with Crippen molar-refractivity contribution in [1.29, 1.82) is 0 Å². The molecule has 0 fully saturated rings. The van der Waals surface area contributed by atoms with E-state index in [1.165, 1.54) is 11.2 Å². The van der Waals surface area contributed by atoms with Gasteiger partial charge in [-0.25, -0.2) is 0 Å². The lowest BCUT2D eigenvalue weighted by Crippen LogP contribution is -2.52. The Balaban J connectivity index is 1.54. The molecule has 4 heterocycles. The van der Waals surface area contributed by atoms with E-state index in [1.54, 1.807) is 47.4 Å². The SMILES string of the molecule is Cc1cc2oc3c(c(=O)c2cc1C)C1(C(=O)N(Cc2ccccc2Cl)c2ccccc21)N(Cc1ccco1)C3=O. The predicted octanol–water partition coefficient (Wildman–Crippen LogP) is 6.10. The van der Waals surface area contributed by atoms with Crippen molar-refractivity contribution in [3.63, 3.8) is 0 Å². The van der Waals surface area contributed by atoms with Gasteiger partial charge in [0.25, 0.3) is 11.8 Å². The lowest BCUT2D eigenvalue weighted by molar-refractivity contribution is -0.126. The molecule has 1 unspecified atom stereocenters. The Morgan fingerprint density at radius 2 is 1.62 bits per heavy atom. The van der Waals surface area contributed by atoms with E-state index in [-0.39, 0.29) is 24.4 Å². The van der Waals surface area contributed by atoms with Gasteiger partial charge in [0.1, 0.15) is 11.3 Å². The molecule has 40 heavy (non-hydrogen) atoms. The molecule has 7 nitrogen and oxygen atoms in total. The number of anilines is 1. The number of nitrogens with zero attached hydrogens (tertiary/aromatic N) is 2. The maximum Gasteiger partial charge on any atom is 0.291 e. The van der Waals surface area contributed by atoms with E-state index in [0.29, 0.717) is 33.0 Å². The van der Waals surface area contributed by atoms with Crippen LogP contribution < -0.4 is 10.3 Å². The molecule has 0 radical (unpaired) electrons. The first-order chi connectivity index (χ1) is 19.3. The summed E-state index contributed by atoms with van der Waals surface area (Å²) in [5.74, 6) is -0.636. The van der Waals surface area contributed by atoms with Crippen LogP contribution in [-0.2, 0) is 23.4 Å². The molecule has 3 aromatic carbocycles. The second-order valence-corrected chi connectivity index (χ2v) is 10.7. The number of halogens is 1. The molecule has 2 amide bonds. The third-order valence-electron chi connectivity index (χ3n) is 8.03. The van der Waals surface area contributed by atoms with Crippen molar-refractivity contribution >= 4 is 40.1 Å². The molecule has 198 valence electrons. The zero-order valence-electron chi connectivity index (χ0n) is 21.7. The minimum absolute atomic E-state index is 0.0268. The van der Waals surface area contributed by atoms with E-state index in [9.17, 15) is 14.4 Å². The number of rotatable bonds is 4. The Kier molecular flexibility index (Phi) is 5.31. The lowest BCUT2D eigenvalue weighted by Gasteiger charge is -2.33. The number of hydrogen-bond donors (Lipinski definition) is 0. The number of fused-ring (bicyclic) bond motifs is 5. The molecule has 2 aliphatic rings. The van der Waals surface area contributed by atoms with Crippen molar-refractivity contribution in [2.45, 2.75) is 32.5 Å². The number of para-hydroxylation sites is 1. The Bertz CT molecular complexity index is 1930. The molecule has 5 aromatic rings. The number of hydrogen-bond acceptors (Lipinski definition) is 5. The van der Waals surface area contributed by atoms with Crippen LogP contribution >= 0.6 is 11.6 Å². The first kappa shape index (κ1) is 24.4. The molecule has 0 saturated carbocycles. The standard InChI is InChI=1S/C32H23ClN2O5/c1-18-14-22-26(15-19(18)2)40-29-27(28(22)36)32(35(30(29)37)17-21-9-7-13-39-21)23-10-4-6-12-25(23)34(31(32)38)16-20-8-3-5-11-24(20)33/h3-15H,16-17H2,1-2H3. The number of benzene rings is 3. The maximum absolute atomic E-state index is 14.8. The van der Waals surface area contributed by atoms with Crippen LogP contribution in [0.2, 0.25) is 5.02 Å². The molecular weight excluding hydrogens is 528 g/mol. The Morgan fingerprint density at radius 1 is 0.875 bits per heavy atom. The third-order valence-corrected chi connectivity index (χ3v) is 8.40. The van der Waals surface area contributed by atoms with E-state index in [1.807, 2.05) is 44.2 Å². The van der Waals surface area contributed by atoms with Gasteiger partial charge < -0.3 is 18.6 Å². The third kappa shape index (κ3) is 3.21. The highest BCUT2D eigenvalue weighted by Gasteiger charge is 2.65. The molecule has 7 rings (SSSR count). The van der Waals surface area contributed by atoms with Crippen molar-refractivity contribution < 1.29 is 18.4 Å². The zero-order chi connectivity index (χ0) is 27.8. The van der Waals surface area contributed by atoms with Crippen LogP contribution in [0.15, 0.2) is 92.7 Å². The van der Waals surface area contributed by atoms with Crippen LogP contribution in [0.1, 0.15) is 44.1 Å². The van der Waals surface area contributed by atoms with Crippen LogP contribution in [-0.4, -0.2) is 16.7 Å². The summed E-state index contributed by atoms with van der Waals surface area (Å²) in [6.07, 6.45) is 1.51. The summed E-state index contributed by atoms with van der Waals surface area (Å²) in [6, 6.07) is 21.5. The zero-order valence-corrected chi connectivity index (χ0v) is 22.5. The highest BCUT2D eigenvalue weighted by atomic mass is 35.5. The van der Waals surface area contributed by atoms with Gasteiger partial charge in [-0.1, -0.05) is 48.0 Å². The van der Waals surface area contributed by atoms with E-state index >= 15 is 0 Å². The number of carbonyl (C=O) groups excluding carboxylic acids is 2. The molecule has 0 aliphatic carbocycles. The molecule has 1 spiro atoms. The minimum Gasteiger partial charge on any atom is -0.467 e. The summed E-state index contributed by atoms with van der Waals surface area (Å²) in [4.78, 5) is 46.4. The molecule has 8 heteroatoms. The summed E-state index contributed by atoms with van der Waals surface area (Å²) in [7, 11) is 0. The van der Waals surface area contributed by atoms with Gasteiger partial charge >= 0.3 is 0 Å². The van der Waals surface area contributed by atoms with Gasteiger partial charge in [0.05, 0.1) is 36.0 Å². The van der Waals surface area contributed by atoms with Crippen molar-refractivity contribution in [3.8, 4) is 0 Å². The minimum atomic E-state index is -1.75. The van der Waals surface area contributed by atoms with Crippen LogP contribution in [0.4, 0.5) is 5.69 Å². The van der Waals surface area contributed by atoms with Gasteiger partial charge in [-0.15, -0.1) is 0 Å². The predicted molar refractivity (Wildman–Crippen MR) is 150 cm³/mol. The van der Waals surface area contributed by atoms with Gasteiger partial charge in [0, 0.05) is 10.6 Å². The average molecular weight is 551 g/mol. The highest BCUT2D eigenvalue weighted by Crippen LogP contribution is 2.53. The van der Waals surface area contributed by atoms with Crippen LogP contribution in [0, 0.1) is 13.8 Å². The fourth-order valence-corrected chi connectivity index (χ4v) is 6.17. The summed E-state index contributed by atoms with van der Waals surface area (Å²) < 4.78 is 11.8. The Labute approximate surface area is 234 Å². The molecule has 0 bridgehead atoms. The first-order valence-electron chi connectivity index (χ1n) is 12.9. The molecule has 1 atom stereocenters. The van der Waals surface area contributed by atoms with Crippen molar-refractivity contribution in [1.82, 2.24) is 4.90 Å². The molecular formula is C32H23ClN2O5. The van der Waals surface area contributed by atoms with E-state index in [0.717, 1.165) is 16.7 Å². The second-order valence-electron chi connectivity index (χ2n) is 10.2. The van der Waals surface area contributed by atoms with Gasteiger partial charge in [-0.2, -0.15) is 0 Å². The molecule has 2 aromatic heterocycles. The first-order valence-corrected chi connectivity index (χ1v) is 13.3. The summed E-state index contributed by atoms with van der Waals surface area (Å²) in [5.41, 5.74) is 1.88. The summed E-state index contributed by atoms with van der Waals surface area (Å²) >= 11 is 6.49. The average Bonchev–Trinajstić information content (AvgIpc) is 3.61. The largest absolute Gasteiger partial charge is 0.467 e. The topological polar surface area (TPSA) is 84.0 Å². The van der Waals surface area contributed by atoms with Crippen LogP contribution in [0.3, 0.4) is 0 Å². The fourth-order valence-electron chi connectivity index (χ4n) is 5.98. The van der Waals surface area contributed by atoms with Crippen LogP contribution in [0.5, 0.6) is 0 Å². The number of carbonyl (C=O) groups is 2. The maximum atomic E-state index is 14.8. The second kappa shape index (κ2) is 8.69. The van der Waals surface area contributed by atoms with Gasteiger partial charge in [0.15, 0.2) is 11.0 Å². The molecule has 2 aliphatic heterocycles.